The van der Waals surface area contributed by atoms with E-state index in [9.17, 15) is 8.78 Å². The zero-order valence-electron chi connectivity index (χ0n) is 37.0. The fourth-order valence-corrected chi connectivity index (χ4v) is 7.41. The standard InChI is InChI=1S/C26H31FN8O.C21H21FN6O/c1-33-12-14-34(15-13-33)11-4-3-6-19-16-23-26(30-21-9-10-28-17-20(21)27)31-25(32-35(23)18-19)22-7-5-8-24(29-22)36-2;1-3-4-6-14-11-18-21(25-16-9-10-23-12-15(16)22)26-20(27-28(18)13-14)17-7-5-8-19(24-17)29-2/h5,7-10,16-18H,3-4,6,11-15H2,1-2H3,(H,28,30,31,32);5,7-13H,3-4,6H2,1-2H3,(H,23,25,26,27). The normalized spacial score (nSPS) is 13.1. The molecule has 0 radical (unpaired) electrons. The average molecular weight is 883 g/mol. The van der Waals surface area contributed by atoms with Crippen molar-refractivity contribution in [3.63, 3.8) is 0 Å². The zero-order valence-corrected chi connectivity index (χ0v) is 37.0. The van der Waals surface area contributed by atoms with E-state index in [1.807, 2.05) is 42.7 Å². The van der Waals surface area contributed by atoms with Gasteiger partial charge in [-0.15, -0.1) is 10.2 Å². The van der Waals surface area contributed by atoms with E-state index < -0.39 is 11.6 Å². The number of anilines is 4. The van der Waals surface area contributed by atoms with Crippen molar-refractivity contribution in [2.45, 2.75) is 45.4 Å². The third-order valence-corrected chi connectivity index (χ3v) is 11.0. The number of unbranched alkanes of at least 4 members (excludes halogenated alkanes) is 2. The van der Waals surface area contributed by atoms with Crippen molar-refractivity contribution in [1.82, 2.24) is 58.9 Å². The average Bonchev–Trinajstić information content (AvgIpc) is 3.96. The number of ether oxygens (including phenoxy) is 2. The number of methoxy groups -OCH3 is 2. The number of nitrogens with zero attached hydrogens (tertiary/aromatic N) is 12. The Hall–Kier alpha value is -7.18. The molecule has 8 aromatic heterocycles. The fraction of sp³-hybridized carbons (Fsp3) is 0.319. The first-order valence-electron chi connectivity index (χ1n) is 21.7. The Morgan fingerprint density at radius 1 is 0.631 bits per heavy atom. The maximum atomic E-state index is 14.4. The third kappa shape index (κ3) is 11.1. The molecule has 336 valence electrons. The number of likely N-dealkylation sites (N-methyl/N-ethyl adjacent to an activating group) is 1. The van der Waals surface area contributed by atoms with Gasteiger partial charge in [-0.3, -0.25) is 9.97 Å². The summed E-state index contributed by atoms with van der Waals surface area (Å²) in [5, 5.41) is 15.5. The number of aryl methyl sites for hydroxylation is 2. The van der Waals surface area contributed by atoms with Crippen LogP contribution >= 0.6 is 0 Å². The highest BCUT2D eigenvalue weighted by molar-refractivity contribution is 5.77. The summed E-state index contributed by atoms with van der Waals surface area (Å²) in [5.74, 6) is 1.85. The van der Waals surface area contributed by atoms with Crippen LogP contribution in [0.4, 0.5) is 31.8 Å². The molecule has 8 aromatic rings. The van der Waals surface area contributed by atoms with E-state index in [4.69, 9.17) is 19.6 Å². The first kappa shape index (κ1) is 44.4. The van der Waals surface area contributed by atoms with Gasteiger partial charge in [0.1, 0.15) is 22.4 Å². The summed E-state index contributed by atoms with van der Waals surface area (Å²) in [5.41, 5.74) is 5.56. The second-order valence-electron chi connectivity index (χ2n) is 15.7. The minimum absolute atomic E-state index is 0.293. The third-order valence-electron chi connectivity index (χ3n) is 11.0. The van der Waals surface area contributed by atoms with Gasteiger partial charge in [0.15, 0.2) is 23.3 Å². The Bertz CT molecular complexity index is 2840. The van der Waals surface area contributed by atoms with Crippen molar-refractivity contribution in [3.05, 3.63) is 121 Å². The van der Waals surface area contributed by atoms with Crippen molar-refractivity contribution < 1.29 is 18.3 Å². The Morgan fingerprint density at radius 3 is 1.62 bits per heavy atom. The summed E-state index contributed by atoms with van der Waals surface area (Å²) in [6.45, 7) is 7.85. The van der Waals surface area contributed by atoms with Crippen molar-refractivity contribution in [2.75, 3.05) is 64.6 Å². The highest BCUT2D eigenvalue weighted by atomic mass is 19.1. The highest BCUT2D eigenvalue weighted by Crippen LogP contribution is 2.29. The summed E-state index contributed by atoms with van der Waals surface area (Å²) in [4.78, 5) is 30.8. The molecular formula is C47H52F2N14O2. The molecule has 1 aliphatic heterocycles. The van der Waals surface area contributed by atoms with Gasteiger partial charge in [-0.2, -0.15) is 0 Å². The quantitative estimate of drug-likeness (QED) is 0.0897. The van der Waals surface area contributed by atoms with Gasteiger partial charge in [0.2, 0.25) is 23.4 Å². The number of nitrogens with one attached hydrogen (secondary N) is 2. The van der Waals surface area contributed by atoms with Gasteiger partial charge < -0.3 is 29.9 Å². The summed E-state index contributed by atoms with van der Waals surface area (Å²) < 4.78 is 42.6. The minimum Gasteiger partial charge on any atom is -0.481 e. The SMILES string of the molecule is CCCCc1cc2c(Nc3ccncc3F)nc(-c3cccc(OC)n3)nn2c1.COc1cccc(-c2nc(Nc3ccncc3F)c3cc(CCCCN4CCN(C)CC4)cn3n2)n1. The number of fused-ring (bicyclic) bond motifs is 2. The van der Waals surface area contributed by atoms with Crippen LogP contribution < -0.4 is 20.1 Å². The summed E-state index contributed by atoms with van der Waals surface area (Å²) in [6.07, 6.45) is 15.7. The molecule has 0 unspecified atom stereocenters. The number of hydrogen-bond donors (Lipinski definition) is 2. The molecule has 0 spiro atoms. The molecule has 1 saturated heterocycles. The number of aromatic nitrogens is 10. The van der Waals surface area contributed by atoms with Crippen LogP contribution in [0.15, 0.2) is 97.8 Å². The molecule has 0 atom stereocenters. The van der Waals surface area contributed by atoms with E-state index in [2.05, 4.69) is 70.5 Å². The first-order valence-corrected chi connectivity index (χ1v) is 21.7. The van der Waals surface area contributed by atoms with Crippen LogP contribution in [0.2, 0.25) is 0 Å². The van der Waals surface area contributed by atoms with Gasteiger partial charge in [0, 0.05) is 63.1 Å². The van der Waals surface area contributed by atoms with Gasteiger partial charge in [-0.05, 0) is 93.2 Å². The molecule has 9 heterocycles. The predicted molar refractivity (Wildman–Crippen MR) is 246 cm³/mol. The number of piperazine rings is 1. The van der Waals surface area contributed by atoms with E-state index in [1.54, 1.807) is 47.5 Å². The van der Waals surface area contributed by atoms with Crippen LogP contribution in [0.3, 0.4) is 0 Å². The minimum atomic E-state index is -0.455. The second kappa shape index (κ2) is 21.0. The van der Waals surface area contributed by atoms with E-state index in [0.29, 0.717) is 57.8 Å². The molecular weight excluding hydrogens is 831 g/mol. The Balaban J connectivity index is 0.000000181. The topological polar surface area (TPSA) is 161 Å². The molecule has 1 fully saturated rings. The lowest BCUT2D eigenvalue weighted by Crippen LogP contribution is -2.44. The lowest BCUT2D eigenvalue weighted by molar-refractivity contribution is 0.152. The predicted octanol–water partition coefficient (Wildman–Crippen LogP) is 8.07. The monoisotopic (exact) mass is 882 g/mol. The lowest BCUT2D eigenvalue weighted by atomic mass is 10.1. The summed E-state index contributed by atoms with van der Waals surface area (Å²) in [7, 11) is 5.30. The molecule has 0 bridgehead atoms. The summed E-state index contributed by atoms with van der Waals surface area (Å²) >= 11 is 0. The Morgan fingerprint density at radius 2 is 1.14 bits per heavy atom. The van der Waals surface area contributed by atoms with Gasteiger partial charge in [0.25, 0.3) is 0 Å². The Labute approximate surface area is 375 Å². The number of hydrogen-bond acceptors (Lipinski definition) is 14. The highest BCUT2D eigenvalue weighted by Gasteiger charge is 2.18. The first-order chi connectivity index (χ1) is 31.8. The van der Waals surface area contributed by atoms with Gasteiger partial charge in [0.05, 0.1) is 38.0 Å². The van der Waals surface area contributed by atoms with Gasteiger partial charge >= 0.3 is 0 Å². The molecule has 0 aromatic carbocycles. The maximum absolute atomic E-state index is 14.4. The van der Waals surface area contributed by atoms with Crippen LogP contribution in [-0.2, 0) is 12.8 Å². The fourth-order valence-electron chi connectivity index (χ4n) is 7.41. The van der Waals surface area contributed by atoms with Crippen LogP contribution in [0.5, 0.6) is 11.8 Å². The van der Waals surface area contributed by atoms with Crippen molar-refractivity contribution in [2.24, 2.45) is 0 Å². The molecule has 1 aliphatic rings. The molecule has 9 rings (SSSR count). The zero-order chi connectivity index (χ0) is 45.1. The van der Waals surface area contributed by atoms with Gasteiger partial charge in [-0.1, -0.05) is 25.5 Å². The lowest BCUT2D eigenvalue weighted by Gasteiger charge is -2.32. The molecule has 2 N–H and O–H groups in total. The second-order valence-corrected chi connectivity index (χ2v) is 15.7. The van der Waals surface area contributed by atoms with Gasteiger partial charge in [-0.25, -0.2) is 37.7 Å². The van der Waals surface area contributed by atoms with Crippen LogP contribution in [0.25, 0.3) is 34.1 Å². The van der Waals surface area contributed by atoms with E-state index in [-0.39, 0.29) is 0 Å². The van der Waals surface area contributed by atoms with Crippen LogP contribution in [0.1, 0.15) is 43.7 Å². The van der Waals surface area contributed by atoms with Crippen molar-refractivity contribution in [3.8, 4) is 34.8 Å². The molecule has 0 saturated carbocycles. The van der Waals surface area contributed by atoms with Crippen molar-refractivity contribution >= 4 is 34.0 Å². The molecule has 16 nitrogen and oxygen atoms in total. The van der Waals surface area contributed by atoms with Crippen molar-refractivity contribution in [1.29, 1.82) is 0 Å². The van der Waals surface area contributed by atoms with Crippen LogP contribution in [0, 0.1) is 11.6 Å². The van der Waals surface area contributed by atoms with E-state index in [1.165, 1.54) is 18.6 Å². The molecule has 18 heteroatoms. The van der Waals surface area contributed by atoms with E-state index >= 15 is 0 Å². The summed E-state index contributed by atoms with van der Waals surface area (Å²) in [6, 6.07) is 18.1. The molecule has 0 aliphatic carbocycles. The Kier molecular flexibility index (Phi) is 14.4. The number of pyridine rings is 4. The van der Waals surface area contributed by atoms with E-state index in [0.717, 1.165) is 99.6 Å². The number of rotatable bonds is 16. The molecule has 0 amide bonds. The molecule has 65 heavy (non-hydrogen) atoms. The largest absolute Gasteiger partial charge is 0.481 e. The maximum Gasteiger partial charge on any atom is 0.213 e. The smallest absolute Gasteiger partial charge is 0.213 e. The number of halogens is 2. The van der Waals surface area contributed by atoms with Crippen LogP contribution in [-0.4, -0.2) is 113 Å².